The normalized spacial score (nSPS) is 15.9. The van der Waals surface area contributed by atoms with Gasteiger partial charge < -0.3 is 5.11 Å². The van der Waals surface area contributed by atoms with Crippen LogP contribution >= 0.6 is 0 Å². The number of alkyl halides is 5. The van der Waals surface area contributed by atoms with Crippen molar-refractivity contribution in [1.82, 2.24) is 0 Å². The molecule has 0 radical (unpaired) electrons. The molecule has 0 saturated heterocycles. The number of hydrogen-bond acceptors (Lipinski definition) is 1. The molecule has 0 fully saturated rings. The molecule has 0 bridgehead atoms. The molecular formula is C4H5F5O. The lowest BCUT2D eigenvalue weighted by Crippen LogP contribution is -2.30. The Kier molecular flexibility index (Phi) is 3.01. The van der Waals surface area contributed by atoms with Crippen LogP contribution in [0.25, 0.3) is 0 Å². The molecule has 0 spiro atoms. The zero-order valence-electron chi connectivity index (χ0n) is 4.70. The van der Waals surface area contributed by atoms with Crippen molar-refractivity contribution in [3.63, 3.8) is 0 Å². The van der Waals surface area contributed by atoms with Gasteiger partial charge in [0.05, 0.1) is 0 Å². The van der Waals surface area contributed by atoms with Crippen molar-refractivity contribution in [3.8, 4) is 0 Å². The van der Waals surface area contributed by atoms with Crippen LogP contribution in [0.2, 0.25) is 0 Å². The average Bonchev–Trinajstić information content (AvgIpc) is 1.60. The Balaban J connectivity index is 3.73. The predicted molar refractivity (Wildman–Crippen MR) is 22.7 cm³/mol. The molecule has 1 unspecified atom stereocenters. The molecule has 62 valence electrons. The van der Waals surface area contributed by atoms with Gasteiger partial charge in [-0.3, -0.25) is 0 Å². The van der Waals surface area contributed by atoms with E-state index in [4.69, 9.17) is 5.11 Å². The second-order valence-electron chi connectivity index (χ2n) is 1.68. The Bertz CT molecular complexity index is 98.3. The van der Waals surface area contributed by atoms with Crippen LogP contribution in [-0.4, -0.2) is 23.8 Å². The number of rotatable bonds is 3. The van der Waals surface area contributed by atoms with Gasteiger partial charge in [-0.1, -0.05) is 0 Å². The highest BCUT2D eigenvalue weighted by molar-refractivity contribution is 4.65. The first kappa shape index (κ1) is 9.61. The highest BCUT2D eigenvalue weighted by Gasteiger charge is 2.39. The van der Waals surface area contributed by atoms with Crippen LogP contribution in [0.4, 0.5) is 22.0 Å². The summed E-state index contributed by atoms with van der Waals surface area (Å²) in [5.41, 5.74) is 0. The van der Waals surface area contributed by atoms with Crippen LogP contribution in [0, 0.1) is 0 Å². The van der Waals surface area contributed by atoms with Crippen molar-refractivity contribution in [2.45, 2.75) is 25.1 Å². The van der Waals surface area contributed by atoms with Gasteiger partial charge in [-0.2, -0.15) is 8.78 Å². The number of hydrogen-bond donors (Lipinski definition) is 1. The molecule has 6 heteroatoms. The molecule has 10 heavy (non-hydrogen) atoms. The minimum absolute atomic E-state index is 1.65. The summed E-state index contributed by atoms with van der Waals surface area (Å²) in [4.78, 5) is 0. The molecule has 1 nitrogen and oxygen atoms in total. The molecule has 0 amide bonds. The summed E-state index contributed by atoms with van der Waals surface area (Å²) < 4.78 is 56.6. The standard InChI is InChI=1S/C4H5F5O/c5-2(1-3(6)7)4(8,9)10/h2-3,10H,1H2. The van der Waals surface area contributed by atoms with Crippen molar-refractivity contribution >= 4 is 0 Å². The Hall–Kier alpha value is -0.390. The highest BCUT2D eigenvalue weighted by atomic mass is 19.3. The van der Waals surface area contributed by atoms with Gasteiger partial charge in [0.1, 0.15) is 0 Å². The maximum Gasteiger partial charge on any atom is 0.384 e. The molecule has 0 aliphatic rings. The Morgan fingerprint density at radius 1 is 1.20 bits per heavy atom. The van der Waals surface area contributed by atoms with Crippen LogP contribution in [-0.2, 0) is 0 Å². The van der Waals surface area contributed by atoms with Crippen molar-refractivity contribution < 1.29 is 27.1 Å². The van der Waals surface area contributed by atoms with E-state index in [-0.39, 0.29) is 0 Å². The van der Waals surface area contributed by atoms with Crippen LogP contribution in [0.15, 0.2) is 0 Å². The first-order valence-electron chi connectivity index (χ1n) is 2.36. The third kappa shape index (κ3) is 3.60. The second kappa shape index (κ2) is 3.14. The summed E-state index contributed by atoms with van der Waals surface area (Å²) in [6.45, 7) is 0. The molecule has 0 rings (SSSR count). The Labute approximate surface area is 53.5 Å². The summed E-state index contributed by atoms with van der Waals surface area (Å²) >= 11 is 0. The van der Waals surface area contributed by atoms with E-state index in [0.29, 0.717) is 0 Å². The fourth-order valence-electron chi connectivity index (χ4n) is 0.298. The SMILES string of the molecule is OC(F)(F)C(F)CC(F)F. The molecule has 0 aromatic rings. The molecular weight excluding hydrogens is 159 g/mol. The van der Waals surface area contributed by atoms with Gasteiger partial charge in [-0.15, -0.1) is 0 Å². The molecule has 0 heterocycles. The minimum Gasteiger partial charge on any atom is -0.334 e. The van der Waals surface area contributed by atoms with Crippen LogP contribution in [0.5, 0.6) is 0 Å². The fourth-order valence-corrected chi connectivity index (χ4v) is 0.298. The fraction of sp³-hybridized carbons (Fsp3) is 1.00. The Morgan fingerprint density at radius 3 is 1.70 bits per heavy atom. The van der Waals surface area contributed by atoms with E-state index in [2.05, 4.69) is 0 Å². The molecule has 0 aliphatic carbocycles. The minimum atomic E-state index is -4.66. The molecule has 0 saturated carbocycles. The van der Waals surface area contributed by atoms with E-state index in [1.54, 1.807) is 0 Å². The van der Waals surface area contributed by atoms with E-state index >= 15 is 0 Å². The monoisotopic (exact) mass is 164 g/mol. The van der Waals surface area contributed by atoms with Crippen LogP contribution in [0.1, 0.15) is 6.42 Å². The summed E-state index contributed by atoms with van der Waals surface area (Å²) in [7, 11) is 0. The van der Waals surface area contributed by atoms with Crippen LogP contribution < -0.4 is 0 Å². The van der Waals surface area contributed by atoms with Crippen LogP contribution in [0.3, 0.4) is 0 Å². The van der Waals surface area contributed by atoms with E-state index in [0.717, 1.165) is 0 Å². The maximum atomic E-state index is 11.7. The van der Waals surface area contributed by atoms with Crippen molar-refractivity contribution in [2.75, 3.05) is 0 Å². The first-order valence-corrected chi connectivity index (χ1v) is 2.36. The lowest BCUT2D eigenvalue weighted by Gasteiger charge is -2.12. The predicted octanol–water partition coefficient (Wildman–Crippen LogP) is 1.56. The zero-order valence-corrected chi connectivity index (χ0v) is 4.70. The quantitative estimate of drug-likeness (QED) is 0.627. The zero-order chi connectivity index (χ0) is 8.36. The number of halogens is 5. The van der Waals surface area contributed by atoms with E-state index in [9.17, 15) is 22.0 Å². The first-order chi connectivity index (χ1) is 4.34. The molecule has 0 aromatic heterocycles. The van der Waals surface area contributed by atoms with Gasteiger partial charge in [0.2, 0.25) is 6.43 Å². The topological polar surface area (TPSA) is 20.2 Å². The molecule has 1 atom stereocenters. The lowest BCUT2D eigenvalue weighted by atomic mass is 10.3. The second-order valence-corrected chi connectivity index (χ2v) is 1.68. The summed E-state index contributed by atoms with van der Waals surface area (Å²) in [5, 5.41) is 7.49. The summed E-state index contributed by atoms with van der Waals surface area (Å²) in [6, 6.07) is 0. The van der Waals surface area contributed by atoms with E-state index in [1.165, 1.54) is 0 Å². The molecule has 0 aliphatic heterocycles. The van der Waals surface area contributed by atoms with Gasteiger partial charge in [-0.25, -0.2) is 13.2 Å². The van der Waals surface area contributed by atoms with Crippen molar-refractivity contribution in [2.24, 2.45) is 0 Å². The average molecular weight is 164 g/mol. The lowest BCUT2D eigenvalue weighted by molar-refractivity contribution is -0.246. The molecule has 0 aromatic carbocycles. The third-order valence-electron chi connectivity index (χ3n) is 0.762. The van der Waals surface area contributed by atoms with E-state index in [1.807, 2.05) is 0 Å². The summed E-state index contributed by atoms with van der Waals surface area (Å²) in [5.74, 6) is 0. The van der Waals surface area contributed by atoms with Crippen molar-refractivity contribution in [1.29, 1.82) is 0 Å². The largest absolute Gasteiger partial charge is 0.384 e. The summed E-state index contributed by atoms with van der Waals surface area (Å²) in [6.07, 6.45) is -12.7. The van der Waals surface area contributed by atoms with Gasteiger partial charge in [0.15, 0.2) is 6.17 Å². The van der Waals surface area contributed by atoms with Crippen molar-refractivity contribution in [3.05, 3.63) is 0 Å². The smallest absolute Gasteiger partial charge is 0.334 e. The maximum absolute atomic E-state index is 11.7. The van der Waals surface area contributed by atoms with Gasteiger partial charge >= 0.3 is 6.11 Å². The van der Waals surface area contributed by atoms with E-state index < -0.39 is 25.1 Å². The molecule has 1 N–H and O–H groups in total. The van der Waals surface area contributed by atoms with Gasteiger partial charge in [0, 0.05) is 6.42 Å². The third-order valence-corrected chi connectivity index (χ3v) is 0.762. The Morgan fingerprint density at radius 2 is 1.60 bits per heavy atom. The number of aliphatic hydroxyl groups is 1. The van der Waals surface area contributed by atoms with Gasteiger partial charge in [-0.05, 0) is 0 Å². The highest BCUT2D eigenvalue weighted by Crippen LogP contribution is 2.22. The van der Waals surface area contributed by atoms with Gasteiger partial charge in [0.25, 0.3) is 0 Å².